The summed E-state index contributed by atoms with van der Waals surface area (Å²) in [6, 6.07) is 7.57. The van der Waals surface area contributed by atoms with Gasteiger partial charge in [-0.1, -0.05) is 40.1 Å². The third-order valence-corrected chi connectivity index (χ3v) is 3.01. The molecule has 2 rings (SSSR count). The molecule has 0 radical (unpaired) electrons. The maximum atomic E-state index is 12.0. The highest BCUT2D eigenvalue weighted by Gasteiger charge is 2.16. The van der Waals surface area contributed by atoms with Crippen molar-refractivity contribution in [3.05, 3.63) is 30.0 Å². The number of alkyl halides is 1. The summed E-state index contributed by atoms with van der Waals surface area (Å²) in [7, 11) is 1.79. The normalized spacial score (nSPS) is 12.6. The highest BCUT2D eigenvalue weighted by molar-refractivity contribution is 9.09. The molecule has 18 heavy (non-hydrogen) atoms. The summed E-state index contributed by atoms with van der Waals surface area (Å²) in [5.41, 5.74) is 1.42. The molecule has 0 N–H and O–H groups in total. The van der Waals surface area contributed by atoms with E-state index in [9.17, 15) is 4.79 Å². The summed E-state index contributed by atoms with van der Waals surface area (Å²) < 4.78 is 5.18. The van der Waals surface area contributed by atoms with Crippen molar-refractivity contribution < 1.29 is 9.32 Å². The molecule has 0 saturated heterocycles. The Kier molecular flexibility index (Phi) is 4.01. The van der Waals surface area contributed by atoms with Gasteiger partial charge in [-0.3, -0.25) is 4.79 Å². The summed E-state index contributed by atoms with van der Waals surface area (Å²) in [4.78, 5) is 14.0. The molecule has 1 aromatic carbocycles. The van der Waals surface area contributed by atoms with Gasteiger partial charge in [0.2, 0.25) is 5.91 Å². The maximum absolute atomic E-state index is 12.0. The van der Waals surface area contributed by atoms with Crippen LogP contribution in [0.5, 0.6) is 0 Å². The van der Waals surface area contributed by atoms with Crippen LogP contribution < -0.4 is 0 Å². The molecule has 0 aliphatic heterocycles. The van der Waals surface area contributed by atoms with Gasteiger partial charge in [-0.15, -0.1) is 0 Å². The van der Waals surface area contributed by atoms with Crippen molar-refractivity contribution >= 4 is 32.8 Å². The van der Waals surface area contributed by atoms with Crippen LogP contribution in [0.3, 0.4) is 0 Å². The third kappa shape index (κ3) is 2.90. The number of carbonyl (C=O) groups excluding carboxylic acids is 1. The van der Waals surface area contributed by atoms with E-state index in [1.165, 1.54) is 0 Å². The first-order valence-electron chi connectivity index (χ1n) is 5.79. The van der Waals surface area contributed by atoms with Crippen LogP contribution in [0.15, 0.2) is 28.8 Å². The van der Waals surface area contributed by atoms with Gasteiger partial charge in [0.1, 0.15) is 5.69 Å². The standard InChI is InChI=1S/C13H15BrN2O2/c1-9(14)8-16(2)13(17)7-11-10-5-3-4-6-12(10)18-15-11/h3-6,9H,7-8H2,1-2H3. The molecule has 1 heterocycles. The Morgan fingerprint density at radius 3 is 2.94 bits per heavy atom. The average Bonchev–Trinajstić information content (AvgIpc) is 2.72. The van der Waals surface area contributed by atoms with Crippen LogP contribution in [0.25, 0.3) is 11.0 Å². The molecule has 5 heteroatoms. The van der Waals surface area contributed by atoms with Crippen LogP contribution in [-0.4, -0.2) is 34.4 Å². The lowest BCUT2D eigenvalue weighted by Crippen LogP contribution is -2.32. The number of halogens is 1. The molecule has 96 valence electrons. The predicted octanol–water partition coefficient (Wildman–Crippen LogP) is 2.61. The first-order chi connectivity index (χ1) is 8.58. The molecule has 0 saturated carbocycles. The Morgan fingerprint density at radius 1 is 1.50 bits per heavy atom. The van der Waals surface area contributed by atoms with Crippen LogP contribution in [0.4, 0.5) is 0 Å². The smallest absolute Gasteiger partial charge is 0.228 e. The first-order valence-corrected chi connectivity index (χ1v) is 6.71. The topological polar surface area (TPSA) is 46.3 Å². The summed E-state index contributed by atoms with van der Waals surface area (Å²) >= 11 is 3.43. The number of likely N-dealkylation sites (N-methyl/N-ethyl adjacent to an activating group) is 1. The van der Waals surface area contributed by atoms with Crippen molar-refractivity contribution in [2.75, 3.05) is 13.6 Å². The number of hydrogen-bond donors (Lipinski definition) is 0. The van der Waals surface area contributed by atoms with Crippen molar-refractivity contribution in [2.45, 2.75) is 18.2 Å². The van der Waals surface area contributed by atoms with Gasteiger partial charge in [-0.05, 0) is 12.1 Å². The second-order valence-electron chi connectivity index (χ2n) is 4.36. The van der Waals surface area contributed by atoms with Gasteiger partial charge in [0.25, 0.3) is 0 Å². The molecule has 2 aromatic rings. The van der Waals surface area contributed by atoms with E-state index >= 15 is 0 Å². The van der Waals surface area contributed by atoms with Gasteiger partial charge in [-0.25, -0.2) is 0 Å². The lowest BCUT2D eigenvalue weighted by Gasteiger charge is -2.17. The molecule has 0 spiro atoms. The van der Waals surface area contributed by atoms with Crippen molar-refractivity contribution in [1.82, 2.24) is 10.1 Å². The van der Waals surface area contributed by atoms with Gasteiger partial charge in [0.05, 0.1) is 6.42 Å². The van der Waals surface area contributed by atoms with Crippen LogP contribution in [0.1, 0.15) is 12.6 Å². The van der Waals surface area contributed by atoms with E-state index < -0.39 is 0 Å². The Balaban J connectivity index is 2.12. The van der Waals surface area contributed by atoms with Crippen LogP contribution in [0, 0.1) is 0 Å². The summed E-state index contributed by atoms with van der Waals surface area (Å²) in [6.07, 6.45) is 0.271. The fourth-order valence-corrected chi connectivity index (χ4v) is 2.26. The maximum Gasteiger partial charge on any atom is 0.228 e. The fourth-order valence-electron chi connectivity index (χ4n) is 1.82. The molecule has 1 amide bonds. The van der Waals surface area contributed by atoms with E-state index in [0.29, 0.717) is 12.2 Å². The second-order valence-corrected chi connectivity index (χ2v) is 5.92. The van der Waals surface area contributed by atoms with Crippen LogP contribution in [-0.2, 0) is 11.2 Å². The quantitative estimate of drug-likeness (QED) is 0.816. The van der Waals surface area contributed by atoms with Crippen molar-refractivity contribution in [3.63, 3.8) is 0 Å². The third-order valence-electron chi connectivity index (χ3n) is 2.72. The summed E-state index contributed by atoms with van der Waals surface area (Å²) in [5, 5.41) is 4.87. The number of rotatable bonds is 4. The monoisotopic (exact) mass is 310 g/mol. The van der Waals surface area contributed by atoms with Gasteiger partial charge in [-0.2, -0.15) is 0 Å². The van der Waals surface area contributed by atoms with E-state index in [4.69, 9.17) is 4.52 Å². The van der Waals surface area contributed by atoms with Gasteiger partial charge >= 0.3 is 0 Å². The lowest BCUT2D eigenvalue weighted by atomic mass is 10.1. The van der Waals surface area contributed by atoms with Crippen LogP contribution >= 0.6 is 15.9 Å². The number of hydrogen-bond acceptors (Lipinski definition) is 3. The summed E-state index contributed by atoms with van der Waals surface area (Å²) in [6.45, 7) is 2.68. The molecule has 0 aliphatic rings. The zero-order valence-corrected chi connectivity index (χ0v) is 12.0. The second kappa shape index (κ2) is 5.52. The van der Waals surface area contributed by atoms with E-state index in [1.54, 1.807) is 11.9 Å². The number of amides is 1. The minimum absolute atomic E-state index is 0.0420. The largest absolute Gasteiger partial charge is 0.356 e. The Bertz CT molecular complexity index is 551. The van der Waals surface area contributed by atoms with Crippen molar-refractivity contribution in [2.24, 2.45) is 0 Å². The highest BCUT2D eigenvalue weighted by atomic mass is 79.9. The zero-order chi connectivity index (χ0) is 13.1. The van der Waals surface area contributed by atoms with Gasteiger partial charge in [0, 0.05) is 23.8 Å². The number of nitrogens with zero attached hydrogens (tertiary/aromatic N) is 2. The predicted molar refractivity (Wildman–Crippen MR) is 73.7 cm³/mol. The first kappa shape index (κ1) is 13.1. The minimum Gasteiger partial charge on any atom is -0.356 e. The number of aromatic nitrogens is 1. The fraction of sp³-hybridized carbons (Fsp3) is 0.385. The molecule has 1 atom stereocenters. The number of benzene rings is 1. The molecule has 1 aromatic heterocycles. The highest BCUT2D eigenvalue weighted by Crippen LogP contribution is 2.18. The van der Waals surface area contributed by atoms with Gasteiger partial charge in [0.15, 0.2) is 5.58 Å². The molecule has 0 fully saturated rings. The average molecular weight is 311 g/mol. The minimum atomic E-state index is 0.0420. The number of para-hydroxylation sites is 1. The summed E-state index contributed by atoms with van der Waals surface area (Å²) in [5.74, 6) is 0.0420. The molecule has 1 unspecified atom stereocenters. The lowest BCUT2D eigenvalue weighted by molar-refractivity contribution is -0.129. The Morgan fingerprint density at radius 2 is 2.22 bits per heavy atom. The van der Waals surface area contributed by atoms with Crippen molar-refractivity contribution in [1.29, 1.82) is 0 Å². The van der Waals surface area contributed by atoms with E-state index in [2.05, 4.69) is 21.1 Å². The Hall–Kier alpha value is -1.36. The Labute approximate surface area is 114 Å². The molecular formula is C13H15BrN2O2. The van der Waals surface area contributed by atoms with Gasteiger partial charge < -0.3 is 9.42 Å². The zero-order valence-electron chi connectivity index (χ0n) is 10.4. The number of fused-ring (bicyclic) bond motifs is 1. The molecule has 0 aliphatic carbocycles. The number of carbonyl (C=O) groups is 1. The van der Waals surface area contributed by atoms with Crippen LogP contribution in [0.2, 0.25) is 0 Å². The van der Waals surface area contributed by atoms with E-state index in [1.807, 2.05) is 31.2 Å². The van der Waals surface area contributed by atoms with E-state index in [0.717, 1.165) is 11.0 Å². The van der Waals surface area contributed by atoms with E-state index in [-0.39, 0.29) is 17.2 Å². The van der Waals surface area contributed by atoms with Crippen molar-refractivity contribution in [3.8, 4) is 0 Å². The molecule has 4 nitrogen and oxygen atoms in total. The molecule has 0 bridgehead atoms. The SMILES string of the molecule is CC(Br)CN(C)C(=O)Cc1noc2ccccc12. The molecular weight excluding hydrogens is 296 g/mol.